The largest absolute Gasteiger partial charge is 0.496 e. The maximum atomic E-state index is 11.2. The molecule has 2 N–H and O–H groups in total. The Balaban J connectivity index is 2.78. The van der Waals surface area contributed by atoms with Crippen molar-refractivity contribution in [2.45, 2.75) is 25.3 Å². The fourth-order valence-electron chi connectivity index (χ4n) is 1.75. The van der Waals surface area contributed by atoms with Crippen molar-refractivity contribution in [1.82, 2.24) is 0 Å². The van der Waals surface area contributed by atoms with Crippen LogP contribution in [0.5, 0.6) is 5.75 Å². The number of carbonyl (C=O) groups excluding carboxylic acids is 1. The second-order valence-electron chi connectivity index (χ2n) is 4.40. The van der Waals surface area contributed by atoms with Gasteiger partial charge >= 0.3 is 5.97 Å². The molecule has 17 heavy (non-hydrogen) atoms. The molecule has 1 aromatic carbocycles. The molecule has 1 rings (SSSR count). The van der Waals surface area contributed by atoms with Crippen LogP contribution in [0.1, 0.15) is 18.9 Å². The van der Waals surface area contributed by atoms with Gasteiger partial charge in [0.05, 0.1) is 20.6 Å². The van der Waals surface area contributed by atoms with Crippen molar-refractivity contribution in [3.63, 3.8) is 0 Å². The number of para-hydroxylation sites is 1. The van der Waals surface area contributed by atoms with Crippen LogP contribution in [0.2, 0.25) is 0 Å². The highest BCUT2D eigenvalue weighted by Crippen LogP contribution is 2.23. The fourth-order valence-corrected chi connectivity index (χ4v) is 1.75. The van der Waals surface area contributed by atoms with E-state index in [1.165, 1.54) is 7.11 Å². The van der Waals surface area contributed by atoms with Crippen LogP contribution in [-0.2, 0) is 16.0 Å². The lowest BCUT2D eigenvalue weighted by molar-refractivity contribution is -0.141. The third-order valence-corrected chi connectivity index (χ3v) is 2.56. The molecule has 4 nitrogen and oxygen atoms in total. The summed E-state index contributed by atoms with van der Waals surface area (Å²) in [4.78, 5) is 11.2. The number of carbonyl (C=O) groups is 1. The molecule has 0 saturated carbocycles. The summed E-state index contributed by atoms with van der Waals surface area (Å²) in [6, 6.07) is 7.65. The third kappa shape index (κ3) is 4.07. The second kappa shape index (κ2) is 5.68. The van der Waals surface area contributed by atoms with Crippen LogP contribution in [0.25, 0.3) is 0 Å². The van der Waals surface area contributed by atoms with Crippen molar-refractivity contribution in [1.29, 1.82) is 0 Å². The number of rotatable bonds is 5. The molecule has 0 aromatic heterocycles. The third-order valence-electron chi connectivity index (χ3n) is 2.56. The normalized spacial score (nSPS) is 13.9. The summed E-state index contributed by atoms with van der Waals surface area (Å²) in [5.74, 6) is 0.485. The first kappa shape index (κ1) is 13.5. The van der Waals surface area contributed by atoms with Crippen LogP contribution in [0.3, 0.4) is 0 Å². The molecule has 94 valence electrons. The van der Waals surface area contributed by atoms with Gasteiger partial charge in [0, 0.05) is 5.54 Å². The van der Waals surface area contributed by atoms with Gasteiger partial charge in [-0.05, 0) is 25.0 Å². The van der Waals surface area contributed by atoms with Crippen molar-refractivity contribution in [2.75, 3.05) is 14.2 Å². The standard InChI is InChI=1S/C13H19NO3/c1-13(14,9-12(15)17-3)8-10-6-4-5-7-11(10)16-2/h4-7H,8-9,14H2,1-3H3. The average molecular weight is 237 g/mol. The molecule has 1 atom stereocenters. The van der Waals surface area contributed by atoms with Gasteiger partial charge in [0.15, 0.2) is 0 Å². The number of esters is 1. The van der Waals surface area contributed by atoms with Gasteiger partial charge in [0.2, 0.25) is 0 Å². The van der Waals surface area contributed by atoms with E-state index in [0.717, 1.165) is 11.3 Å². The molecule has 0 aliphatic heterocycles. The Morgan fingerprint density at radius 2 is 2.00 bits per heavy atom. The lowest BCUT2D eigenvalue weighted by Gasteiger charge is -2.24. The quantitative estimate of drug-likeness (QED) is 0.789. The van der Waals surface area contributed by atoms with Crippen molar-refractivity contribution in [2.24, 2.45) is 5.73 Å². The Morgan fingerprint density at radius 1 is 1.35 bits per heavy atom. The molecule has 0 amide bonds. The van der Waals surface area contributed by atoms with Gasteiger partial charge in [0.25, 0.3) is 0 Å². The number of methoxy groups -OCH3 is 2. The van der Waals surface area contributed by atoms with Gasteiger partial charge < -0.3 is 15.2 Å². The Morgan fingerprint density at radius 3 is 2.59 bits per heavy atom. The molecule has 0 fully saturated rings. The van der Waals surface area contributed by atoms with Crippen LogP contribution in [-0.4, -0.2) is 25.7 Å². The zero-order chi connectivity index (χ0) is 12.9. The predicted molar refractivity (Wildman–Crippen MR) is 65.9 cm³/mol. The topological polar surface area (TPSA) is 61.5 Å². The minimum absolute atomic E-state index is 0.182. The molecule has 1 unspecified atom stereocenters. The highest BCUT2D eigenvalue weighted by atomic mass is 16.5. The van der Waals surface area contributed by atoms with E-state index in [4.69, 9.17) is 10.5 Å². The van der Waals surface area contributed by atoms with E-state index in [2.05, 4.69) is 4.74 Å². The molecular weight excluding hydrogens is 218 g/mol. The molecule has 0 saturated heterocycles. The second-order valence-corrected chi connectivity index (χ2v) is 4.40. The van der Waals surface area contributed by atoms with Gasteiger partial charge in [-0.1, -0.05) is 18.2 Å². The molecular formula is C13H19NO3. The van der Waals surface area contributed by atoms with E-state index >= 15 is 0 Å². The van der Waals surface area contributed by atoms with Crippen molar-refractivity contribution in [3.05, 3.63) is 29.8 Å². The van der Waals surface area contributed by atoms with E-state index in [1.807, 2.05) is 31.2 Å². The molecule has 0 radical (unpaired) electrons. The molecule has 4 heteroatoms. The Bertz CT molecular complexity index is 388. The van der Waals surface area contributed by atoms with Crippen LogP contribution in [0, 0.1) is 0 Å². The van der Waals surface area contributed by atoms with Gasteiger partial charge in [0.1, 0.15) is 5.75 Å². The van der Waals surface area contributed by atoms with Crippen LogP contribution >= 0.6 is 0 Å². The number of ether oxygens (including phenoxy) is 2. The van der Waals surface area contributed by atoms with E-state index in [1.54, 1.807) is 7.11 Å². The van der Waals surface area contributed by atoms with Gasteiger partial charge in [-0.2, -0.15) is 0 Å². The smallest absolute Gasteiger partial charge is 0.307 e. The van der Waals surface area contributed by atoms with Crippen LogP contribution in [0.4, 0.5) is 0 Å². The maximum Gasteiger partial charge on any atom is 0.307 e. The average Bonchev–Trinajstić information content (AvgIpc) is 2.28. The first-order chi connectivity index (χ1) is 7.98. The zero-order valence-electron chi connectivity index (χ0n) is 10.5. The summed E-state index contributed by atoms with van der Waals surface area (Å²) >= 11 is 0. The van der Waals surface area contributed by atoms with Crippen molar-refractivity contribution in [3.8, 4) is 5.75 Å². The number of nitrogens with two attached hydrogens (primary N) is 1. The van der Waals surface area contributed by atoms with E-state index in [9.17, 15) is 4.79 Å². The Kier molecular flexibility index (Phi) is 4.52. The SMILES string of the molecule is COC(=O)CC(C)(N)Cc1ccccc1OC. The molecule has 0 heterocycles. The Labute approximate surface area is 102 Å². The Hall–Kier alpha value is -1.55. The summed E-state index contributed by atoms with van der Waals surface area (Å²) in [6.07, 6.45) is 0.744. The lowest BCUT2D eigenvalue weighted by Crippen LogP contribution is -2.41. The molecule has 0 aliphatic rings. The van der Waals surface area contributed by atoms with E-state index < -0.39 is 5.54 Å². The minimum Gasteiger partial charge on any atom is -0.496 e. The van der Waals surface area contributed by atoms with Crippen molar-refractivity contribution < 1.29 is 14.3 Å². The first-order valence-electron chi connectivity index (χ1n) is 5.46. The minimum atomic E-state index is -0.637. The molecule has 0 aliphatic carbocycles. The predicted octanol–water partition coefficient (Wildman–Crippen LogP) is 1.52. The highest BCUT2D eigenvalue weighted by molar-refractivity contribution is 5.70. The summed E-state index contributed by atoms with van der Waals surface area (Å²) in [6.45, 7) is 1.83. The summed E-state index contributed by atoms with van der Waals surface area (Å²) in [5, 5.41) is 0. The van der Waals surface area contributed by atoms with Crippen molar-refractivity contribution >= 4 is 5.97 Å². The molecule has 0 spiro atoms. The van der Waals surface area contributed by atoms with E-state index in [-0.39, 0.29) is 12.4 Å². The first-order valence-corrected chi connectivity index (χ1v) is 5.46. The highest BCUT2D eigenvalue weighted by Gasteiger charge is 2.24. The number of benzene rings is 1. The zero-order valence-corrected chi connectivity index (χ0v) is 10.5. The van der Waals surface area contributed by atoms with Gasteiger partial charge in [-0.15, -0.1) is 0 Å². The van der Waals surface area contributed by atoms with Crippen LogP contribution < -0.4 is 10.5 Å². The summed E-state index contributed by atoms with van der Waals surface area (Å²) < 4.78 is 9.88. The fraction of sp³-hybridized carbons (Fsp3) is 0.462. The number of hydrogen-bond donors (Lipinski definition) is 1. The molecule has 0 bridgehead atoms. The molecule has 1 aromatic rings. The lowest BCUT2D eigenvalue weighted by atomic mass is 9.90. The van der Waals surface area contributed by atoms with Gasteiger partial charge in [-0.25, -0.2) is 0 Å². The van der Waals surface area contributed by atoms with Crippen LogP contribution in [0.15, 0.2) is 24.3 Å². The summed E-state index contributed by atoms with van der Waals surface area (Å²) in [7, 11) is 2.98. The van der Waals surface area contributed by atoms with E-state index in [0.29, 0.717) is 6.42 Å². The number of hydrogen-bond acceptors (Lipinski definition) is 4. The monoisotopic (exact) mass is 237 g/mol. The maximum absolute atomic E-state index is 11.2. The van der Waals surface area contributed by atoms with Gasteiger partial charge in [-0.3, -0.25) is 4.79 Å². The summed E-state index contributed by atoms with van der Waals surface area (Å²) in [5.41, 5.74) is 6.45.